The third-order valence-corrected chi connectivity index (χ3v) is 6.12. The van der Waals surface area contributed by atoms with Crippen molar-refractivity contribution in [2.75, 3.05) is 6.61 Å². The zero-order chi connectivity index (χ0) is 27.0. The van der Waals surface area contributed by atoms with E-state index in [2.05, 4.69) is 9.72 Å². The van der Waals surface area contributed by atoms with Crippen molar-refractivity contribution in [3.63, 3.8) is 0 Å². The van der Waals surface area contributed by atoms with Gasteiger partial charge in [0, 0.05) is 22.4 Å². The predicted octanol–water partition coefficient (Wildman–Crippen LogP) is 6.26. The Morgan fingerprint density at radius 1 is 0.895 bits per heavy atom. The number of benzene rings is 3. The Morgan fingerprint density at radius 2 is 1.58 bits per heavy atom. The van der Waals surface area contributed by atoms with E-state index in [1.54, 1.807) is 6.07 Å². The summed E-state index contributed by atoms with van der Waals surface area (Å²) >= 11 is 1.26. The van der Waals surface area contributed by atoms with Crippen molar-refractivity contribution in [2.24, 2.45) is 0 Å². The molecule has 192 valence electrons. The largest absolute Gasteiger partial charge is 0.476 e. The minimum Gasteiger partial charge on any atom is -0.476 e. The van der Waals surface area contributed by atoms with E-state index in [9.17, 15) is 31.5 Å². The molecule has 5 aromatic rings. The Bertz CT molecular complexity index is 1720. The van der Waals surface area contributed by atoms with E-state index in [0.29, 0.717) is 16.1 Å². The molecule has 0 aliphatic carbocycles. The van der Waals surface area contributed by atoms with Gasteiger partial charge in [-0.2, -0.15) is 8.78 Å². The molecule has 0 aliphatic rings. The van der Waals surface area contributed by atoms with Gasteiger partial charge in [-0.1, -0.05) is 30.3 Å². The molecular formula is C26H12F5NO5S. The van der Waals surface area contributed by atoms with Crippen molar-refractivity contribution in [3.05, 3.63) is 99.5 Å². The zero-order valence-electron chi connectivity index (χ0n) is 18.8. The lowest BCUT2D eigenvalue weighted by Gasteiger charge is -2.10. The minimum absolute atomic E-state index is 0.0598. The van der Waals surface area contributed by atoms with Gasteiger partial charge in [-0.15, -0.1) is 11.3 Å². The molecule has 3 aromatic carbocycles. The summed E-state index contributed by atoms with van der Waals surface area (Å²) in [5.41, 5.74) is 1.18. The van der Waals surface area contributed by atoms with Gasteiger partial charge >= 0.3 is 11.6 Å². The highest BCUT2D eigenvalue weighted by atomic mass is 32.1. The zero-order valence-corrected chi connectivity index (χ0v) is 19.6. The highest BCUT2D eigenvalue weighted by Crippen LogP contribution is 2.31. The molecule has 0 aliphatic heterocycles. The molecule has 12 heteroatoms. The smallest absolute Gasteiger partial charge is 0.349 e. The molecule has 0 unspecified atom stereocenters. The number of nitrogens with zero attached hydrogens (tertiary/aromatic N) is 1. The summed E-state index contributed by atoms with van der Waals surface area (Å²) < 4.78 is 81.9. The first kappa shape index (κ1) is 25.1. The number of aromatic nitrogens is 1. The van der Waals surface area contributed by atoms with Crippen LogP contribution in [0, 0.1) is 29.1 Å². The van der Waals surface area contributed by atoms with E-state index in [4.69, 9.17) is 9.15 Å². The van der Waals surface area contributed by atoms with Crippen LogP contribution >= 0.6 is 11.3 Å². The van der Waals surface area contributed by atoms with Gasteiger partial charge in [0.25, 0.3) is 0 Å². The summed E-state index contributed by atoms with van der Waals surface area (Å²) in [5, 5.41) is 2.74. The molecule has 0 spiro atoms. The van der Waals surface area contributed by atoms with Gasteiger partial charge in [0.2, 0.25) is 29.1 Å². The van der Waals surface area contributed by atoms with E-state index in [-0.39, 0.29) is 16.9 Å². The molecule has 5 rings (SSSR count). The lowest BCUT2D eigenvalue weighted by Crippen LogP contribution is -2.19. The lowest BCUT2D eigenvalue weighted by atomic mass is 10.1. The SMILES string of the molecule is O=C(COc1c(F)c(F)c(F)c(F)c1F)Oc1ccc2cc(-c3nc(-c4ccccc4)cs3)c(=O)oc2c1. The summed E-state index contributed by atoms with van der Waals surface area (Å²) in [7, 11) is 0. The molecule has 2 aromatic heterocycles. The second-order valence-corrected chi connectivity index (χ2v) is 8.57. The maximum absolute atomic E-state index is 13.7. The van der Waals surface area contributed by atoms with Crippen LogP contribution in [0.5, 0.6) is 11.5 Å². The molecule has 0 saturated carbocycles. The van der Waals surface area contributed by atoms with Crippen molar-refractivity contribution < 1.29 is 40.6 Å². The summed E-state index contributed by atoms with van der Waals surface area (Å²) in [6.07, 6.45) is 0. The van der Waals surface area contributed by atoms with Crippen molar-refractivity contribution in [3.8, 4) is 33.3 Å². The minimum atomic E-state index is -2.36. The van der Waals surface area contributed by atoms with Crippen LogP contribution in [0.15, 0.2) is 69.2 Å². The van der Waals surface area contributed by atoms with Gasteiger partial charge < -0.3 is 13.9 Å². The number of fused-ring (bicyclic) bond motifs is 1. The lowest BCUT2D eigenvalue weighted by molar-refractivity contribution is -0.136. The van der Waals surface area contributed by atoms with Gasteiger partial charge in [-0.25, -0.2) is 27.7 Å². The summed E-state index contributed by atoms with van der Waals surface area (Å²) in [4.78, 5) is 29.2. The number of carbonyl (C=O) groups is 1. The fraction of sp³-hybridized carbons (Fsp3) is 0.0385. The average Bonchev–Trinajstić information content (AvgIpc) is 3.41. The van der Waals surface area contributed by atoms with Gasteiger partial charge in [0.05, 0.1) is 11.3 Å². The highest BCUT2D eigenvalue weighted by molar-refractivity contribution is 7.13. The number of halogens is 5. The predicted molar refractivity (Wildman–Crippen MR) is 126 cm³/mol. The van der Waals surface area contributed by atoms with E-state index in [1.165, 1.54) is 29.5 Å². The van der Waals surface area contributed by atoms with Crippen LogP contribution in [-0.4, -0.2) is 17.6 Å². The fourth-order valence-electron chi connectivity index (χ4n) is 3.45. The first-order chi connectivity index (χ1) is 18.2. The Balaban J connectivity index is 1.33. The van der Waals surface area contributed by atoms with Crippen LogP contribution in [0.25, 0.3) is 32.8 Å². The third kappa shape index (κ3) is 4.73. The molecule has 6 nitrogen and oxygen atoms in total. The molecule has 0 radical (unpaired) electrons. The fourth-order valence-corrected chi connectivity index (χ4v) is 4.28. The van der Waals surface area contributed by atoms with Gasteiger partial charge in [0.1, 0.15) is 16.3 Å². The Morgan fingerprint density at radius 3 is 2.29 bits per heavy atom. The maximum atomic E-state index is 13.7. The molecule has 0 amide bonds. The Labute approximate surface area is 213 Å². The first-order valence-corrected chi connectivity index (χ1v) is 11.5. The van der Waals surface area contributed by atoms with Crippen LogP contribution < -0.4 is 15.1 Å². The van der Waals surface area contributed by atoms with Crippen molar-refractivity contribution in [1.82, 2.24) is 4.98 Å². The molecule has 0 bridgehead atoms. The Hall–Kier alpha value is -4.58. The molecule has 0 atom stereocenters. The van der Waals surface area contributed by atoms with Crippen molar-refractivity contribution in [1.29, 1.82) is 0 Å². The highest BCUT2D eigenvalue weighted by Gasteiger charge is 2.27. The number of esters is 1. The van der Waals surface area contributed by atoms with Gasteiger partial charge in [0.15, 0.2) is 12.4 Å². The average molecular weight is 545 g/mol. The quantitative estimate of drug-likeness (QED) is 0.0626. The molecule has 2 heterocycles. The Kier molecular flexibility index (Phi) is 6.64. The molecule has 38 heavy (non-hydrogen) atoms. The van der Waals surface area contributed by atoms with Gasteiger partial charge in [-0.05, 0) is 18.2 Å². The normalized spacial score (nSPS) is 11.1. The molecule has 0 fully saturated rings. The second-order valence-electron chi connectivity index (χ2n) is 7.71. The van der Waals surface area contributed by atoms with Crippen LogP contribution in [0.2, 0.25) is 0 Å². The topological polar surface area (TPSA) is 78.6 Å². The number of thiazole rings is 1. The first-order valence-electron chi connectivity index (χ1n) is 10.7. The molecule has 0 N–H and O–H groups in total. The number of ether oxygens (including phenoxy) is 2. The van der Waals surface area contributed by atoms with E-state index >= 15 is 0 Å². The second kappa shape index (κ2) is 10.1. The number of hydrogen-bond acceptors (Lipinski definition) is 7. The maximum Gasteiger partial charge on any atom is 0.349 e. The number of carbonyl (C=O) groups excluding carboxylic acids is 1. The van der Waals surface area contributed by atoms with Crippen molar-refractivity contribution in [2.45, 2.75) is 0 Å². The van der Waals surface area contributed by atoms with E-state index < -0.39 is 53.0 Å². The summed E-state index contributed by atoms with van der Waals surface area (Å²) in [6, 6.07) is 15.0. The number of rotatable bonds is 6. The van der Waals surface area contributed by atoms with Crippen molar-refractivity contribution >= 4 is 28.3 Å². The third-order valence-electron chi connectivity index (χ3n) is 5.25. The number of hydrogen-bond donors (Lipinski definition) is 0. The monoisotopic (exact) mass is 545 g/mol. The van der Waals surface area contributed by atoms with E-state index in [0.717, 1.165) is 5.56 Å². The molecular weight excluding hydrogens is 533 g/mol. The standard InChI is InChI=1S/C26H12F5NO5S/c27-19-20(28)22(30)24(23(31)21(19)29)35-10-18(33)36-14-7-6-13-8-15(26(34)37-17(13)9-14)25-32-16(11-38-25)12-4-2-1-3-5-12/h1-9,11H,10H2. The van der Waals surface area contributed by atoms with Crippen LogP contribution in [0.3, 0.4) is 0 Å². The van der Waals surface area contributed by atoms with Crippen LogP contribution in [-0.2, 0) is 4.79 Å². The van der Waals surface area contributed by atoms with Crippen LogP contribution in [0.1, 0.15) is 0 Å². The van der Waals surface area contributed by atoms with E-state index in [1.807, 2.05) is 35.7 Å². The molecule has 0 saturated heterocycles. The summed E-state index contributed by atoms with van der Waals surface area (Å²) in [5.74, 6) is -14.2. The summed E-state index contributed by atoms with van der Waals surface area (Å²) in [6.45, 7) is -1.17. The van der Waals surface area contributed by atoms with Crippen LogP contribution in [0.4, 0.5) is 22.0 Å². The van der Waals surface area contributed by atoms with Gasteiger partial charge in [-0.3, -0.25) is 0 Å².